The number of nitrogens with zero attached hydrogens (tertiary/aromatic N) is 4. The summed E-state index contributed by atoms with van der Waals surface area (Å²) in [6.45, 7) is 9.69. The van der Waals surface area contributed by atoms with Crippen molar-refractivity contribution in [3.05, 3.63) is 35.4 Å². The maximum absolute atomic E-state index is 5.29. The SMILES string of the molecule is Cc1cc(C)n(CCCNC(=S)NCCCn2nccc2C)n1. The Hall–Kier alpha value is -1.89. The Kier molecular flexibility index (Phi) is 6.58. The number of aromatic nitrogens is 4. The third-order valence-electron chi connectivity index (χ3n) is 3.70. The topological polar surface area (TPSA) is 59.7 Å². The number of hydrogen-bond donors (Lipinski definition) is 2. The van der Waals surface area contributed by atoms with Crippen molar-refractivity contribution < 1.29 is 0 Å². The summed E-state index contributed by atoms with van der Waals surface area (Å²) in [7, 11) is 0. The Morgan fingerprint density at radius 2 is 1.70 bits per heavy atom. The van der Waals surface area contributed by atoms with Crippen LogP contribution in [0.1, 0.15) is 29.9 Å². The largest absolute Gasteiger partial charge is 0.363 e. The van der Waals surface area contributed by atoms with Gasteiger partial charge in [-0.15, -0.1) is 0 Å². The smallest absolute Gasteiger partial charge is 0.166 e. The van der Waals surface area contributed by atoms with Gasteiger partial charge in [-0.25, -0.2) is 0 Å². The van der Waals surface area contributed by atoms with Gasteiger partial charge in [0.2, 0.25) is 0 Å². The predicted octanol–water partition coefficient (Wildman–Crippen LogP) is 1.95. The standard InChI is InChI=1S/C16H26N6S/c1-13-12-15(3)22(20-13)11-5-8-18-16(23)17-7-4-10-21-14(2)6-9-19-21/h6,9,12H,4-5,7-8,10-11H2,1-3H3,(H2,17,18,23). The Morgan fingerprint density at radius 3 is 2.22 bits per heavy atom. The van der Waals surface area contributed by atoms with Gasteiger partial charge in [-0.1, -0.05) is 0 Å². The zero-order chi connectivity index (χ0) is 16.7. The summed E-state index contributed by atoms with van der Waals surface area (Å²) in [6.07, 6.45) is 3.82. The Labute approximate surface area is 143 Å². The normalized spacial score (nSPS) is 10.7. The summed E-state index contributed by atoms with van der Waals surface area (Å²) in [6, 6.07) is 4.11. The quantitative estimate of drug-likeness (QED) is 0.571. The van der Waals surface area contributed by atoms with Crippen molar-refractivity contribution in [2.45, 2.75) is 46.7 Å². The summed E-state index contributed by atoms with van der Waals surface area (Å²) in [4.78, 5) is 0. The molecular formula is C16H26N6S. The molecule has 7 heteroatoms. The lowest BCUT2D eigenvalue weighted by Gasteiger charge is -2.11. The molecule has 0 aliphatic carbocycles. The highest BCUT2D eigenvalue weighted by atomic mass is 32.1. The van der Waals surface area contributed by atoms with Crippen molar-refractivity contribution in [2.24, 2.45) is 0 Å². The second-order valence-corrected chi connectivity index (χ2v) is 6.14. The van der Waals surface area contributed by atoms with Gasteiger partial charge in [0.1, 0.15) is 0 Å². The van der Waals surface area contributed by atoms with E-state index in [0.717, 1.165) is 49.8 Å². The fraction of sp³-hybridized carbons (Fsp3) is 0.562. The molecule has 0 spiro atoms. The number of rotatable bonds is 8. The zero-order valence-corrected chi connectivity index (χ0v) is 15.0. The van der Waals surface area contributed by atoms with Gasteiger partial charge in [-0.05, 0) is 58.0 Å². The molecule has 0 saturated heterocycles. The number of thiocarbonyl (C=S) groups is 1. The molecule has 0 bridgehead atoms. The minimum atomic E-state index is 0.718. The Bertz CT molecular complexity index is 630. The lowest BCUT2D eigenvalue weighted by atomic mass is 10.4. The fourth-order valence-corrected chi connectivity index (χ4v) is 2.66. The molecule has 2 N–H and O–H groups in total. The first-order valence-electron chi connectivity index (χ1n) is 8.07. The molecule has 2 aromatic rings. The maximum atomic E-state index is 5.29. The summed E-state index contributed by atoms with van der Waals surface area (Å²) >= 11 is 5.29. The third kappa shape index (κ3) is 5.67. The molecule has 0 aliphatic heterocycles. The first-order valence-corrected chi connectivity index (χ1v) is 8.48. The van der Waals surface area contributed by atoms with Crippen molar-refractivity contribution in [1.82, 2.24) is 30.2 Å². The van der Waals surface area contributed by atoms with Crippen LogP contribution in [0.15, 0.2) is 18.3 Å². The van der Waals surface area contributed by atoms with Crippen molar-refractivity contribution in [3.8, 4) is 0 Å². The molecule has 2 rings (SSSR count). The molecule has 0 atom stereocenters. The minimum absolute atomic E-state index is 0.718. The van der Waals surface area contributed by atoms with Gasteiger partial charge in [0.05, 0.1) is 5.69 Å². The van der Waals surface area contributed by atoms with E-state index in [0.29, 0.717) is 0 Å². The summed E-state index contributed by atoms with van der Waals surface area (Å²) < 4.78 is 4.05. The Morgan fingerprint density at radius 1 is 1.04 bits per heavy atom. The van der Waals surface area contributed by atoms with Crippen molar-refractivity contribution in [2.75, 3.05) is 13.1 Å². The van der Waals surface area contributed by atoms with Crippen LogP contribution >= 0.6 is 12.2 Å². The van der Waals surface area contributed by atoms with E-state index >= 15 is 0 Å². The van der Waals surface area contributed by atoms with Crippen LogP contribution in [0.3, 0.4) is 0 Å². The second-order valence-electron chi connectivity index (χ2n) is 5.74. The predicted molar refractivity (Wildman–Crippen MR) is 96.5 cm³/mol. The van der Waals surface area contributed by atoms with E-state index in [9.17, 15) is 0 Å². The van der Waals surface area contributed by atoms with Crippen LogP contribution in [0.4, 0.5) is 0 Å². The molecule has 6 nitrogen and oxygen atoms in total. The van der Waals surface area contributed by atoms with Crippen LogP contribution in [-0.2, 0) is 13.1 Å². The van der Waals surface area contributed by atoms with E-state index in [1.807, 2.05) is 28.6 Å². The molecule has 0 saturated carbocycles. The van der Waals surface area contributed by atoms with E-state index in [2.05, 4.69) is 40.7 Å². The molecule has 0 aromatic carbocycles. The van der Waals surface area contributed by atoms with Crippen LogP contribution in [0, 0.1) is 20.8 Å². The fourth-order valence-electron chi connectivity index (χ4n) is 2.46. The summed E-state index contributed by atoms with van der Waals surface area (Å²) in [5, 5.41) is 15.9. The van der Waals surface area contributed by atoms with Gasteiger partial charge >= 0.3 is 0 Å². The highest BCUT2D eigenvalue weighted by Crippen LogP contribution is 2.02. The number of hydrogen-bond acceptors (Lipinski definition) is 3. The molecule has 126 valence electrons. The molecule has 23 heavy (non-hydrogen) atoms. The van der Waals surface area contributed by atoms with Gasteiger partial charge < -0.3 is 10.6 Å². The molecule has 0 aliphatic rings. The molecule has 2 aromatic heterocycles. The van der Waals surface area contributed by atoms with E-state index in [-0.39, 0.29) is 0 Å². The molecule has 0 radical (unpaired) electrons. The van der Waals surface area contributed by atoms with Crippen molar-refractivity contribution in [3.63, 3.8) is 0 Å². The monoisotopic (exact) mass is 334 g/mol. The van der Waals surface area contributed by atoms with Crippen LogP contribution in [0.2, 0.25) is 0 Å². The average molecular weight is 334 g/mol. The van der Waals surface area contributed by atoms with Crippen LogP contribution < -0.4 is 10.6 Å². The van der Waals surface area contributed by atoms with E-state index in [4.69, 9.17) is 12.2 Å². The molecular weight excluding hydrogens is 308 g/mol. The Balaban J connectivity index is 1.53. The summed E-state index contributed by atoms with van der Waals surface area (Å²) in [5.41, 5.74) is 3.46. The van der Waals surface area contributed by atoms with Crippen LogP contribution in [0.25, 0.3) is 0 Å². The van der Waals surface area contributed by atoms with Gasteiger partial charge in [0.15, 0.2) is 5.11 Å². The van der Waals surface area contributed by atoms with E-state index in [1.54, 1.807) is 0 Å². The highest BCUT2D eigenvalue weighted by Gasteiger charge is 2.01. The van der Waals surface area contributed by atoms with Crippen LogP contribution in [0.5, 0.6) is 0 Å². The average Bonchev–Trinajstić information content (AvgIpc) is 3.05. The number of aryl methyl sites for hydroxylation is 5. The van der Waals surface area contributed by atoms with E-state index in [1.165, 1.54) is 11.4 Å². The van der Waals surface area contributed by atoms with Crippen molar-refractivity contribution in [1.29, 1.82) is 0 Å². The summed E-state index contributed by atoms with van der Waals surface area (Å²) in [5.74, 6) is 0. The molecule has 0 amide bonds. The van der Waals surface area contributed by atoms with Gasteiger partial charge in [-0.2, -0.15) is 10.2 Å². The molecule has 0 unspecified atom stereocenters. The zero-order valence-electron chi connectivity index (χ0n) is 14.2. The van der Waals surface area contributed by atoms with Crippen molar-refractivity contribution >= 4 is 17.3 Å². The van der Waals surface area contributed by atoms with E-state index < -0.39 is 0 Å². The first-order chi connectivity index (χ1) is 11.1. The number of nitrogens with one attached hydrogen (secondary N) is 2. The highest BCUT2D eigenvalue weighted by molar-refractivity contribution is 7.80. The lowest BCUT2D eigenvalue weighted by molar-refractivity contribution is 0.549. The first kappa shape index (κ1) is 17.5. The van der Waals surface area contributed by atoms with Gasteiger partial charge in [0.25, 0.3) is 0 Å². The molecule has 2 heterocycles. The third-order valence-corrected chi connectivity index (χ3v) is 3.99. The van der Waals surface area contributed by atoms with Gasteiger partial charge in [0, 0.05) is 43.8 Å². The maximum Gasteiger partial charge on any atom is 0.166 e. The second kappa shape index (κ2) is 8.67. The molecule has 0 fully saturated rings. The lowest BCUT2D eigenvalue weighted by Crippen LogP contribution is -2.36. The minimum Gasteiger partial charge on any atom is -0.363 e. The van der Waals surface area contributed by atoms with Gasteiger partial charge in [-0.3, -0.25) is 9.36 Å². The van der Waals surface area contributed by atoms with Crippen LogP contribution in [-0.4, -0.2) is 37.8 Å².